The molecule has 154 valence electrons. The number of fused-ring (bicyclic) bond motifs is 1. The van der Waals surface area contributed by atoms with Crippen molar-refractivity contribution in [1.29, 1.82) is 0 Å². The molecule has 0 saturated carbocycles. The van der Waals surface area contributed by atoms with Gasteiger partial charge in [-0.2, -0.15) is 0 Å². The van der Waals surface area contributed by atoms with Crippen LogP contribution in [0.1, 0.15) is 39.3 Å². The molecule has 4 rings (SSSR count). The highest BCUT2D eigenvalue weighted by atomic mass is 32.2. The number of carbonyl (C=O) groups is 2. The normalized spacial score (nSPS) is 13.2. The summed E-state index contributed by atoms with van der Waals surface area (Å²) in [7, 11) is 0. The van der Waals surface area contributed by atoms with Crippen molar-refractivity contribution in [2.75, 3.05) is 12.3 Å². The lowest BCUT2D eigenvalue weighted by Gasteiger charge is -2.13. The van der Waals surface area contributed by atoms with Crippen LogP contribution >= 0.6 is 11.8 Å². The van der Waals surface area contributed by atoms with Crippen LogP contribution in [0.15, 0.2) is 58.8 Å². The molecule has 3 heterocycles. The van der Waals surface area contributed by atoms with Gasteiger partial charge in [0.2, 0.25) is 0 Å². The standard InChI is InChI=1S/C22H22N4O3S/c1-3-11-25-19(16-10-13-29-15(16)2)23-24-22(25)30-14-7-6-12-26-20(27)17-8-4-5-9-18(17)21(26)28/h3-5,8-10,13H,1,6-7,11-12,14H2,2H3. The first-order valence-electron chi connectivity index (χ1n) is 9.78. The predicted octanol–water partition coefficient (Wildman–Crippen LogP) is 4.20. The minimum Gasteiger partial charge on any atom is -0.469 e. The van der Waals surface area contributed by atoms with Gasteiger partial charge in [-0.15, -0.1) is 16.8 Å². The van der Waals surface area contributed by atoms with Crippen LogP contribution in [-0.4, -0.2) is 43.8 Å². The number of benzene rings is 1. The molecule has 0 bridgehead atoms. The number of hydrogen-bond donors (Lipinski definition) is 0. The smallest absolute Gasteiger partial charge is 0.261 e. The van der Waals surface area contributed by atoms with Crippen molar-refractivity contribution < 1.29 is 14.0 Å². The molecule has 1 aromatic carbocycles. The maximum atomic E-state index is 12.4. The Hall–Kier alpha value is -3.13. The van der Waals surface area contributed by atoms with Crippen molar-refractivity contribution in [3.8, 4) is 11.4 Å². The van der Waals surface area contributed by atoms with Gasteiger partial charge in [0.25, 0.3) is 11.8 Å². The molecule has 0 atom stereocenters. The van der Waals surface area contributed by atoms with Gasteiger partial charge in [0, 0.05) is 18.8 Å². The number of unbranched alkanes of at least 4 members (excludes halogenated alkanes) is 1. The molecule has 1 aliphatic rings. The van der Waals surface area contributed by atoms with Crippen LogP contribution in [0.2, 0.25) is 0 Å². The number of nitrogens with zero attached hydrogens (tertiary/aromatic N) is 4. The first-order chi connectivity index (χ1) is 14.6. The summed E-state index contributed by atoms with van der Waals surface area (Å²) in [4.78, 5) is 26.2. The van der Waals surface area contributed by atoms with Gasteiger partial charge >= 0.3 is 0 Å². The molecular weight excluding hydrogens is 400 g/mol. The van der Waals surface area contributed by atoms with Gasteiger partial charge in [-0.1, -0.05) is 30.0 Å². The quantitative estimate of drug-likeness (QED) is 0.222. The van der Waals surface area contributed by atoms with E-state index in [1.165, 1.54) is 4.90 Å². The topological polar surface area (TPSA) is 81.2 Å². The average Bonchev–Trinajstić information content (AvgIpc) is 3.41. The van der Waals surface area contributed by atoms with E-state index in [-0.39, 0.29) is 11.8 Å². The van der Waals surface area contributed by atoms with E-state index in [4.69, 9.17) is 4.42 Å². The summed E-state index contributed by atoms with van der Waals surface area (Å²) in [5, 5.41) is 9.47. The van der Waals surface area contributed by atoms with Gasteiger partial charge in [-0.05, 0) is 38.0 Å². The zero-order chi connectivity index (χ0) is 21.1. The van der Waals surface area contributed by atoms with Crippen LogP contribution in [0.4, 0.5) is 0 Å². The molecule has 0 radical (unpaired) electrons. The first-order valence-corrected chi connectivity index (χ1v) is 10.8. The zero-order valence-corrected chi connectivity index (χ0v) is 17.5. The summed E-state index contributed by atoms with van der Waals surface area (Å²) in [6.45, 7) is 6.75. The highest BCUT2D eigenvalue weighted by Crippen LogP contribution is 2.28. The number of carbonyl (C=O) groups excluding carboxylic acids is 2. The second-order valence-electron chi connectivity index (χ2n) is 6.96. The maximum Gasteiger partial charge on any atom is 0.261 e. The number of amides is 2. The summed E-state index contributed by atoms with van der Waals surface area (Å²) in [6.07, 6.45) is 5.04. The number of hydrogen-bond acceptors (Lipinski definition) is 6. The lowest BCUT2D eigenvalue weighted by Crippen LogP contribution is -2.30. The fourth-order valence-electron chi connectivity index (χ4n) is 3.48. The molecule has 0 unspecified atom stereocenters. The Bertz CT molecular complexity index is 1070. The van der Waals surface area contributed by atoms with Crippen molar-refractivity contribution in [3.05, 3.63) is 66.1 Å². The van der Waals surface area contributed by atoms with Crippen molar-refractivity contribution in [2.45, 2.75) is 31.5 Å². The third-order valence-corrected chi connectivity index (χ3v) is 6.07. The monoisotopic (exact) mass is 422 g/mol. The molecule has 2 aromatic heterocycles. The van der Waals surface area contributed by atoms with E-state index >= 15 is 0 Å². The SMILES string of the molecule is C=CCn1c(SCCCCN2C(=O)c3ccccc3C2=O)nnc1-c1ccoc1C. The van der Waals surface area contributed by atoms with Gasteiger partial charge in [-0.3, -0.25) is 19.1 Å². The van der Waals surface area contributed by atoms with E-state index in [0.29, 0.717) is 24.2 Å². The second kappa shape index (κ2) is 8.71. The Morgan fingerprint density at radius 1 is 1.07 bits per heavy atom. The highest BCUT2D eigenvalue weighted by molar-refractivity contribution is 7.99. The Labute approximate surface area is 178 Å². The van der Waals surface area contributed by atoms with Gasteiger partial charge in [-0.25, -0.2) is 0 Å². The van der Waals surface area contributed by atoms with Crippen LogP contribution < -0.4 is 0 Å². The van der Waals surface area contributed by atoms with E-state index in [9.17, 15) is 9.59 Å². The number of allylic oxidation sites excluding steroid dienone is 1. The van der Waals surface area contributed by atoms with E-state index in [1.807, 2.05) is 23.6 Å². The summed E-state index contributed by atoms with van der Waals surface area (Å²) in [6, 6.07) is 8.86. The zero-order valence-electron chi connectivity index (χ0n) is 16.7. The third kappa shape index (κ3) is 3.70. The average molecular weight is 423 g/mol. The van der Waals surface area contributed by atoms with Gasteiger partial charge < -0.3 is 4.42 Å². The molecule has 30 heavy (non-hydrogen) atoms. The van der Waals surface area contributed by atoms with E-state index < -0.39 is 0 Å². The molecule has 0 fully saturated rings. The summed E-state index contributed by atoms with van der Waals surface area (Å²) < 4.78 is 7.40. The van der Waals surface area contributed by atoms with E-state index in [0.717, 1.165) is 40.9 Å². The van der Waals surface area contributed by atoms with Crippen LogP contribution in [0.25, 0.3) is 11.4 Å². The lowest BCUT2D eigenvalue weighted by atomic mass is 10.1. The first kappa shape index (κ1) is 20.2. The lowest BCUT2D eigenvalue weighted by molar-refractivity contribution is 0.0652. The molecule has 0 saturated heterocycles. The van der Waals surface area contributed by atoms with Crippen molar-refractivity contribution in [3.63, 3.8) is 0 Å². The summed E-state index contributed by atoms with van der Waals surface area (Å²) in [5.41, 5.74) is 1.91. The van der Waals surface area contributed by atoms with E-state index in [1.54, 1.807) is 42.3 Å². The fourth-order valence-corrected chi connectivity index (χ4v) is 4.43. The highest BCUT2D eigenvalue weighted by Gasteiger charge is 2.34. The molecule has 0 spiro atoms. The Morgan fingerprint density at radius 3 is 2.43 bits per heavy atom. The van der Waals surface area contributed by atoms with Crippen molar-refractivity contribution in [1.82, 2.24) is 19.7 Å². The van der Waals surface area contributed by atoms with Gasteiger partial charge in [0.1, 0.15) is 5.76 Å². The number of aromatic nitrogens is 3. The fraction of sp³-hybridized carbons (Fsp3) is 0.273. The molecule has 2 amide bonds. The summed E-state index contributed by atoms with van der Waals surface area (Å²) >= 11 is 1.60. The predicted molar refractivity (Wildman–Crippen MR) is 114 cm³/mol. The van der Waals surface area contributed by atoms with E-state index in [2.05, 4.69) is 16.8 Å². The Morgan fingerprint density at radius 2 is 1.80 bits per heavy atom. The Kier molecular flexibility index (Phi) is 5.85. The van der Waals surface area contributed by atoms with Crippen LogP contribution in [0.3, 0.4) is 0 Å². The van der Waals surface area contributed by atoms with Crippen LogP contribution in [0, 0.1) is 6.92 Å². The maximum absolute atomic E-state index is 12.4. The van der Waals surface area contributed by atoms with Gasteiger partial charge in [0.15, 0.2) is 11.0 Å². The molecule has 0 N–H and O–H groups in total. The number of aryl methyl sites for hydroxylation is 1. The molecule has 3 aromatic rings. The van der Waals surface area contributed by atoms with Gasteiger partial charge in [0.05, 0.1) is 23.0 Å². The molecule has 7 nitrogen and oxygen atoms in total. The molecule has 1 aliphatic heterocycles. The molecule has 8 heteroatoms. The van der Waals surface area contributed by atoms with Crippen LogP contribution in [0.5, 0.6) is 0 Å². The largest absolute Gasteiger partial charge is 0.469 e. The minimum absolute atomic E-state index is 0.200. The second-order valence-corrected chi connectivity index (χ2v) is 8.02. The summed E-state index contributed by atoms with van der Waals surface area (Å²) in [5.74, 6) is 1.96. The molecule has 0 aliphatic carbocycles. The van der Waals surface area contributed by atoms with Crippen molar-refractivity contribution >= 4 is 23.6 Å². The Balaban J connectivity index is 1.33. The molecular formula is C22H22N4O3S. The number of rotatable bonds is 9. The third-order valence-electron chi connectivity index (χ3n) is 5.01. The number of imide groups is 1. The van der Waals surface area contributed by atoms with Crippen molar-refractivity contribution in [2.24, 2.45) is 0 Å². The number of furan rings is 1. The number of thioether (sulfide) groups is 1. The van der Waals surface area contributed by atoms with Crippen LogP contribution in [-0.2, 0) is 6.54 Å². The minimum atomic E-state index is -0.200.